The van der Waals surface area contributed by atoms with Crippen LogP contribution < -0.4 is 5.32 Å². The number of hydrogen-bond donors (Lipinski definition) is 1. The van der Waals surface area contributed by atoms with Crippen LogP contribution in [0.2, 0.25) is 0 Å². The van der Waals surface area contributed by atoms with Crippen molar-refractivity contribution in [3.63, 3.8) is 0 Å². The number of ether oxygens (including phenoxy) is 1. The van der Waals surface area contributed by atoms with E-state index in [1.54, 1.807) is 12.3 Å². The second-order valence-corrected chi connectivity index (χ2v) is 9.82. The highest BCUT2D eigenvalue weighted by Gasteiger charge is 2.23. The van der Waals surface area contributed by atoms with Crippen molar-refractivity contribution in [2.24, 2.45) is 0 Å². The zero-order chi connectivity index (χ0) is 25.5. The zero-order valence-electron chi connectivity index (χ0n) is 20.8. The van der Waals surface area contributed by atoms with E-state index in [1.807, 2.05) is 21.6 Å². The quantitative estimate of drug-likeness (QED) is 0.384. The van der Waals surface area contributed by atoms with Gasteiger partial charge in [-0.3, -0.25) is 0 Å². The first kappa shape index (κ1) is 22.8. The fraction of sp³-hybridized carbons (Fsp3) is 0.276. The van der Waals surface area contributed by atoms with Gasteiger partial charge in [-0.05, 0) is 85.3 Å². The maximum absolute atomic E-state index is 9.12. The van der Waals surface area contributed by atoms with E-state index in [-0.39, 0.29) is 6.23 Å². The van der Waals surface area contributed by atoms with Gasteiger partial charge in [0.1, 0.15) is 23.2 Å². The van der Waals surface area contributed by atoms with Crippen molar-refractivity contribution in [1.82, 2.24) is 35.1 Å². The molecule has 0 aliphatic carbocycles. The second kappa shape index (κ2) is 9.49. The lowest BCUT2D eigenvalue weighted by Crippen LogP contribution is -2.23. The molecule has 1 fully saturated rings. The fourth-order valence-corrected chi connectivity index (χ4v) is 5.38. The molecule has 2 aliphatic heterocycles. The molecule has 38 heavy (non-hydrogen) atoms. The molecule has 2 aromatic carbocycles. The van der Waals surface area contributed by atoms with E-state index in [9.17, 15) is 0 Å². The number of hydrogen-bond acceptors (Lipinski definition) is 7. The van der Waals surface area contributed by atoms with Gasteiger partial charge in [-0.2, -0.15) is 10.4 Å². The smallest absolute Gasteiger partial charge is 0.150 e. The van der Waals surface area contributed by atoms with Gasteiger partial charge in [-0.15, -0.1) is 5.10 Å². The summed E-state index contributed by atoms with van der Waals surface area (Å²) < 4.78 is 9.92. The van der Waals surface area contributed by atoms with Gasteiger partial charge in [0.05, 0.1) is 17.4 Å². The molecule has 5 heterocycles. The Bertz CT molecular complexity index is 1670. The number of fused-ring (bicyclic) bond motifs is 2. The summed E-state index contributed by atoms with van der Waals surface area (Å²) in [5.41, 5.74) is 8.46. The normalized spacial score (nSPS) is 17.3. The molecule has 1 unspecified atom stereocenters. The molecule has 2 aliphatic rings. The summed E-state index contributed by atoms with van der Waals surface area (Å²) >= 11 is 0. The Hall–Kier alpha value is -4.39. The number of nitrogens with zero attached hydrogens (tertiary/aromatic N) is 7. The van der Waals surface area contributed by atoms with Gasteiger partial charge in [0.15, 0.2) is 6.23 Å². The highest BCUT2D eigenvalue weighted by molar-refractivity contribution is 5.95. The fourth-order valence-electron chi connectivity index (χ4n) is 5.38. The SMILES string of the molecule is N#Cc1ccc(-c2ccc3c(c2)c(-c2cn(-c4ccc5c(c4)CNCC5)nn2)nn3C2CCCCO2)cn1. The van der Waals surface area contributed by atoms with Gasteiger partial charge in [-0.25, -0.2) is 14.3 Å². The molecule has 0 spiro atoms. The summed E-state index contributed by atoms with van der Waals surface area (Å²) in [6.07, 6.45) is 7.72. The van der Waals surface area contributed by atoms with Crippen LogP contribution in [0.1, 0.15) is 42.3 Å². The molecule has 3 aromatic heterocycles. The van der Waals surface area contributed by atoms with Gasteiger partial charge in [0, 0.05) is 30.3 Å². The lowest BCUT2D eigenvalue weighted by atomic mass is 10.0. The third kappa shape index (κ3) is 4.04. The molecule has 0 bridgehead atoms. The molecule has 7 rings (SSSR count). The molecular formula is C29H26N8O. The number of pyridine rings is 1. The summed E-state index contributed by atoms with van der Waals surface area (Å²) in [6, 6.07) is 18.5. The van der Waals surface area contributed by atoms with E-state index in [4.69, 9.17) is 15.1 Å². The lowest BCUT2D eigenvalue weighted by Gasteiger charge is -2.23. The molecule has 0 saturated carbocycles. The molecule has 9 nitrogen and oxygen atoms in total. The summed E-state index contributed by atoms with van der Waals surface area (Å²) in [7, 11) is 0. The van der Waals surface area contributed by atoms with Crippen LogP contribution in [0, 0.1) is 11.3 Å². The van der Waals surface area contributed by atoms with Crippen LogP contribution in [-0.4, -0.2) is 42.9 Å². The predicted molar refractivity (Wildman–Crippen MR) is 142 cm³/mol. The summed E-state index contributed by atoms with van der Waals surface area (Å²) in [6.45, 7) is 2.62. The van der Waals surface area contributed by atoms with Crippen LogP contribution in [0.3, 0.4) is 0 Å². The Balaban J connectivity index is 1.32. The molecule has 188 valence electrons. The van der Waals surface area contributed by atoms with Crippen molar-refractivity contribution in [1.29, 1.82) is 5.26 Å². The largest absolute Gasteiger partial charge is 0.356 e. The number of nitriles is 1. The first-order chi connectivity index (χ1) is 18.8. The highest BCUT2D eigenvalue weighted by Crippen LogP contribution is 2.35. The van der Waals surface area contributed by atoms with Crippen LogP contribution in [0.15, 0.2) is 60.9 Å². The first-order valence-corrected chi connectivity index (χ1v) is 13.0. The predicted octanol–water partition coefficient (Wildman–Crippen LogP) is 4.56. The minimum Gasteiger partial charge on any atom is -0.356 e. The van der Waals surface area contributed by atoms with Crippen LogP contribution >= 0.6 is 0 Å². The maximum atomic E-state index is 9.12. The molecule has 0 radical (unpaired) electrons. The van der Waals surface area contributed by atoms with E-state index >= 15 is 0 Å². The Morgan fingerprint density at radius 3 is 2.82 bits per heavy atom. The molecule has 9 heteroatoms. The van der Waals surface area contributed by atoms with Crippen molar-refractivity contribution in [2.45, 2.75) is 38.5 Å². The standard InChI is InChI=1S/C29H26N8O/c30-15-23-7-4-21(17-32-23)20-6-9-27-25(14-20)29(34-37(27)28-3-1-2-12-38-28)26-18-36(35-33-26)24-8-5-19-10-11-31-16-22(19)13-24/h4-9,13-14,17-18,28,31H,1-3,10-12,16H2. The van der Waals surface area contributed by atoms with E-state index in [0.717, 1.165) is 78.8 Å². The molecule has 0 amide bonds. The Morgan fingerprint density at radius 1 is 1.03 bits per heavy atom. The highest BCUT2D eigenvalue weighted by atomic mass is 16.5. The van der Waals surface area contributed by atoms with Crippen LogP contribution in [0.5, 0.6) is 0 Å². The van der Waals surface area contributed by atoms with E-state index in [0.29, 0.717) is 11.4 Å². The Labute approximate surface area is 219 Å². The minimum absolute atomic E-state index is 0.106. The van der Waals surface area contributed by atoms with E-state index in [1.165, 1.54) is 11.1 Å². The van der Waals surface area contributed by atoms with Crippen molar-refractivity contribution in [3.05, 3.63) is 77.7 Å². The zero-order valence-corrected chi connectivity index (χ0v) is 20.8. The van der Waals surface area contributed by atoms with Crippen molar-refractivity contribution in [2.75, 3.05) is 13.2 Å². The number of aromatic nitrogens is 6. The lowest BCUT2D eigenvalue weighted by molar-refractivity contribution is -0.0365. The van der Waals surface area contributed by atoms with Crippen LogP contribution in [0.4, 0.5) is 0 Å². The van der Waals surface area contributed by atoms with E-state index < -0.39 is 0 Å². The molecule has 1 saturated heterocycles. The molecule has 5 aromatic rings. The van der Waals surface area contributed by atoms with Gasteiger partial charge < -0.3 is 10.1 Å². The molecular weight excluding hydrogens is 476 g/mol. The summed E-state index contributed by atoms with van der Waals surface area (Å²) in [4.78, 5) is 4.25. The third-order valence-corrected chi connectivity index (χ3v) is 7.42. The summed E-state index contributed by atoms with van der Waals surface area (Å²) in [5, 5.41) is 27.6. The average molecular weight is 503 g/mol. The third-order valence-electron chi connectivity index (χ3n) is 7.42. The van der Waals surface area contributed by atoms with Gasteiger partial charge in [-0.1, -0.05) is 17.3 Å². The van der Waals surface area contributed by atoms with Gasteiger partial charge in [0.2, 0.25) is 0 Å². The van der Waals surface area contributed by atoms with Crippen LogP contribution in [-0.2, 0) is 17.7 Å². The van der Waals surface area contributed by atoms with Gasteiger partial charge in [0.25, 0.3) is 0 Å². The number of rotatable bonds is 4. The van der Waals surface area contributed by atoms with Crippen molar-refractivity contribution < 1.29 is 4.74 Å². The second-order valence-electron chi connectivity index (χ2n) is 9.82. The topological polar surface area (TPSA) is 106 Å². The minimum atomic E-state index is -0.106. The molecule has 1 N–H and O–H groups in total. The maximum Gasteiger partial charge on any atom is 0.150 e. The monoisotopic (exact) mass is 502 g/mol. The number of nitrogens with one attached hydrogen (secondary N) is 1. The van der Waals surface area contributed by atoms with Crippen molar-refractivity contribution >= 4 is 10.9 Å². The Kier molecular flexibility index (Phi) is 5.69. The summed E-state index contributed by atoms with van der Waals surface area (Å²) in [5.74, 6) is 0. The van der Waals surface area contributed by atoms with Crippen molar-refractivity contribution in [3.8, 4) is 34.3 Å². The molecule has 1 atom stereocenters. The Morgan fingerprint density at radius 2 is 1.97 bits per heavy atom. The average Bonchev–Trinajstić information content (AvgIpc) is 3.62. The number of benzene rings is 2. The van der Waals surface area contributed by atoms with Crippen LogP contribution in [0.25, 0.3) is 39.1 Å². The van der Waals surface area contributed by atoms with Gasteiger partial charge >= 0.3 is 0 Å². The first-order valence-electron chi connectivity index (χ1n) is 13.0. The van der Waals surface area contributed by atoms with E-state index in [2.05, 4.69) is 63.1 Å².